The number of hydrogen-bond acceptors (Lipinski definition) is 3. The highest BCUT2D eigenvalue weighted by Gasteiger charge is 2.27. The zero-order chi connectivity index (χ0) is 19.1. The maximum atomic E-state index is 13.1. The van der Waals surface area contributed by atoms with Crippen molar-refractivity contribution in [1.29, 1.82) is 0 Å². The van der Waals surface area contributed by atoms with Crippen molar-refractivity contribution in [2.24, 2.45) is 5.92 Å². The minimum atomic E-state index is -0.412. The summed E-state index contributed by atoms with van der Waals surface area (Å²) in [5.41, 5.74) is 2.01. The van der Waals surface area contributed by atoms with E-state index in [1.807, 2.05) is 47.3 Å². The number of fused-ring (bicyclic) bond motifs is 3. The molecule has 3 aromatic rings. The van der Waals surface area contributed by atoms with Crippen molar-refractivity contribution in [2.45, 2.75) is 58.5 Å². The number of amides is 1. The van der Waals surface area contributed by atoms with Crippen molar-refractivity contribution in [1.82, 2.24) is 19.5 Å². The van der Waals surface area contributed by atoms with Gasteiger partial charge in [-0.2, -0.15) is 4.98 Å². The van der Waals surface area contributed by atoms with E-state index in [1.54, 1.807) is 0 Å². The standard InChI is InChI=1S/C21H26N4O2/c1-13-8-4-6-10-17(13)22-21(27)15(3)25-18-11-7-5-9-16(18)20-23-19(26)12-14(2)24(20)25/h5,7,9,11-13,15,17H,4,6,8,10H2,1-3H3,(H,22,27)/t13-,15+,17-/m0/s1. The van der Waals surface area contributed by atoms with Gasteiger partial charge in [-0.15, -0.1) is 0 Å². The van der Waals surface area contributed by atoms with Crippen LogP contribution in [0.4, 0.5) is 0 Å². The fourth-order valence-corrected chi connectivity index (χ4v) is 4.33. The first kappa shape index (κ1) is 17.8. The molecule has 0 radical (unpaired) electrons. The molecular weight excluding hydrogens is 340 g/mol. The van der Waals surface area contributed by atoms with Crippen LogP contribution in [-0.4, -0.2) is 26.1 Å². The van der Waals surface area contributed by atoms with Gasteiger partial charge in [-0.3, -0.25) is 14.3 Å². The minimum absolute atomic E-state index is 0.00880. The van der Waals surface area contributed by atoms with Gasteiger partial charge in [0, 0.05) is 23.2 Å². The first-order chi connectivity index (χ1) is 13.0. The number of para-hydroxylation sites is 1. The first-order valence-electron chi connectivity index (χ1n) is 9.77. The molecule has 2 heterocycles. The van der Waals surface area contributed by atoms with E-state index in [-0.39, 0.29) is 17.5 Å². The number of hydrogen-bond donors (Lipinski definition) is 1. The molecule has 0 aliphatic heterocycles. The van der Waals surface area contributed by atoms with Crippen molar-refractivity contribution >= 4 is 22.5 Å². The molecule has 142 valence electrons. The normalized spacial score (nSPS) is 21.4. The number of nitrogens with one attached hydrogen (secondary N) is 1. The summed E-state index contributed by atoms with van der Waals surface area (Å²) in [4.78, 5) is 29.2. The molecule has 0 spiro atoms. The van der Waals surface area contributed by atoms with Gasteiger partial charge in [-0.05, 0) is 44.7 Å². The van der Waals surface area contributed by atoms with Crippen molar-refractivity contribution in [3.8, 4) is 0 Å². The number of carbonyl (C=O) groups excluding carboxylic acids is 1. The molecule has 1 fully saturated rings. The SMILES string of the molecule is Cc1cc(=O)nc2c3ccccc3n([C@H](C)C(=O)N[C@H]3CCCC[C@@H]3C)n12. The van der Waals surface area contributed by atoms with Crippen LogP contribution in [0.1, 0.15) is 51.3 Å². The highest BCUT2D eigenvalue weighted by molar-refractivity contribution is 5.94. The molecule has 1 amide bonds. The van der Waals surface area contributed by atoms with E-state index in [1.165, 1.54) is 25.3 Å². The second-order valence-electron chi connectivity index (χ2n) is 7.79. The summed E-state index contributed by atoms with van der Waals surface area (Å²) in [6.45, 7) is 6.00. The molecule has 1 N–H and O–H groups in total. The van der Waals surface area contributed by atoms with E-state index in [4.69, 9.17) is 0 Å². The first-order valence-corrected chi connectivity index (χ1v) is 9.77. The lowest BCUT2D eigenvalue weighted by Gasteiger charge is -2.31. The molecule has 4 rings (SSSR count). The van der Waals surface area contributed by atoms with Crippen LogP contribution in [0, 0.1) is 12.8 Å². The molecule has 6 nitrogen and oxygen atoms in total. The monoisotopic (exact) mass is 366 g/mol. The fraction of sp³-hybridized carbons (Fsp3) is 0.476. The Labute approximate surface area is 158 Å². The zero-order valence-electron chi connectivity index (χ0n) is 16.1. The molecule has 2 aromatic heterocycles. The molecule has 1 aliphatic rings. The highest BCUT2D eigenvalue weighted by Crippen LogP contribution is 2.27. The number of aryl methyl sites for hydroxylation is 1. The topological polar surface area (TPSA) is 68.4 Å². The maximum absolute atomic E-state index is 13.1. The Kier molecular flexibility index (Phi) is 4.50. The average Bonchev–Trinajstić information content (AvgIpc) is 2.98. The van der Waals surface area contributed by atoms with E-state index in [9.17, 15) is 9.59 Å². The summed E-state index contributed by atoms with van der Waals surface area (Å²) in [6.07, 6.45) is 4.62. The maximum Gasteiger partial charge on any atom is 0.273 e. The minimum Gasteiger partial charge on any atom is -0.351 e. The molecule has 27 heavy (non-hydrogen) atoms. The molecule has 1 saturated carbocycles. The summed E-state index contributed by atoms with van der Waals surface area (Å²) in [7, 11) is 0. The predicted molar refractivity (Wildman–Crippen MR) is 106 cm³/mol. The van der Waals surface area contributed by atoms with Crippen molar-refractivity contribution in [3.05, 3.63) is 46.4 Å². The van der Waals surface area contributed by atoms with Gasteiger partial charge in [0.15, 0.2) is 5.65 Å². The van der Waals surface area contributed by atoms with Crippen LogP contribution in [0.3, 0.4) is 0 Å². The Balaban J connectivity index is 1.79. The summed E-state index contributed by atoms with van der Waals surface area (Å²) in [5.74, 6) is 0.515. The van der Waals surface area contributed by atoms with Crippen LogP contribution >= 0.6 is 0 Å². The Morgan fingerprint density at radius 1 is 1.26 bits per heavy atom. The van der Waals surface area contributed by atoms with Crippen LogP contribution in [0.5, 0.6) is 0 Å². The molecular formula is C21H26N4O2. The van der Waals surface area contributed by atoms with E-state index in [2.05, 4.69) is 17.2 Å². The van der Waals surface area contributed by atoms with Crippen LogP contribution in [0.25, 0.3) is 16.6 Å². The van der Waals surface area contributed by atoms with Gasteiger partial charge in [-0.25, -0.2) is 4.52 Å². The summed E-state index contributed by atoms with van der Waals surface area (Å²) in [5, 5.41) is 4.14. The quantitative estimate of drug-likeness (QED) is 0.774. The molecule has 0 unspecified atom stereocenters. The Bertz CT molecular complexity index is 1070. The lowest BCUT2D eigenvalue weighted by molar-refractivity contribution is -0.125. The summed E-state index contributed by atoms with van der Waals surface area (Å²) >= 11 is 0. The lowest BCUT2D eigenvalue weighted by Crippen LogP contribution is -2.44. The van der Waals surface area contributed by atoms with Gasteiger partial charge in [0.1, 0.15) is 6.04 Å². The Hall–Kier alpha value is -2.63. The molecule has 0 saturated heterocycles. The van der Waals surface area contributed by atoms with E-state index in [0.717, 1.165) is 23.0 Å². The molecule has 0 bridgehead atoms. The average molecular weight is 366 g/mol. The summed E-state index contributed by atoms with van der Waals surface area (Å²) in [6, 6.07) is 9.12. The van der Waals surface area contributed by atoms with Crippen LogP contribution in [0.15, 0.2) is 35.1 Å². The van der Waals surface area contributed by atoms with Crippen molar-refractivity contribution in [2.75, 3.05) is 0 Å². The number of carbonyl (C=O) groups is 1. The lowest BCUT2D eigenvalue weighted by atomic mass is 9.86. The van der Waals surface area contributed by atoms with Crippen LogP contribution in [-0.2, 0) is 4.79 Å². The molecule has 1 aliphatic carbocycles. The van der Waals surface area contributed by atoms with Gasteiger partial charge in [-0.1, -0.05) is 31.9 Å². The molecule has 3 atom stereocenters. The number of rotatable bonds is 3. The largest absolute Gasteiger partial charge is 0.351 e. The smallest absolute Gasteiger partial charge is 0.273 e. The third kappa shape index (κ3) is 3.03. The number of benzene rings is 1. The van der Waals surface area contributed by atoms with Crippen molar-refractivity contribution < 1.29 is 4.79 Å². The van der Waals surface area contributed by atoms with Crippen LogP contribution in [0.2, 0.25) is 0 Å². The van der Waals surface area contributed by atoms with Gasteiger partial charge in [0.2, 0.25) is 5.91 Å². The highest BCUT2D eigenvalue weighted by atomic mass is 16.2. The number of aromatic nitrogens is 3. The third-order valence-electron chi connectivity index (χ3n) is 5.88. The Morgan fingerprint density at radius 3 is 2.78 bits per heavy atom. The van der Waals surface area contributed by atoms with E-state index in [0.29, 0.717) is 11.6 Å². The Morgan fingerprint density at radius 2 is 2.00 bits per heavy atom. The van der Waals surface area contributed by atoms with Crippen molar-refractivity contribution in [3.63, 3.8) is 0 Å². The second-order valence-corrected chi connectivity index (χ2v) is 7.79. The molecule has 6 heteroatoms. The summed E-state index contributed by atoms with van der Waals surface area (Å²) < 4.78 is 3.84. The van der Waals surface area contributed by atoms with Gasteiger partial charge < -0.3 is 5.32 Å². The molecule has 1 aromatic carbocycles. The van der Waals surface area contributed by atoms with Crippen LogP contribution < -0.4 is 10.9 Å². The van der Waals surface area contributed by atoms with E-state index >= 15 is 0 Å². The van der Waals surface area contributed by atoms with Gasteiger partial charge in [0.05, 0.1) is 5.52 Å². The third-order valence-corrected chi connectivity index (χ3v) is 5.88. The number of nitrogens with zero attached hydrogens (tertiary/aromatic N) is 3. The van der Waals surface area contributed by atoms with Gasteiger partial charge in [0.25, 0.3) is 5.56 Å². The van der Waals surface area contributed by atoms with E-state index < -0.39 is 6.04 Å². The van der Waals surface area contributed by atoms with Gasteiger partial charge >= 0.3 is 0 Å². The second kappa shape index (κ2) is 6.83. The fourth-order valence-electron chi connectivity index (χ4n) is 4.33. The zero-order valence-corrected chi connectivity index (χ0v) is 16.1. The predicted octanol–water partition coefficient (Wildman–Crippen LogP) is 3.21.